The van der Waals surface area contributed by atoms with Gasteiger partial charge in [0.15, 0.2) is 5.82 Å². The van der Waals surface area contributed by atoms with Gasteiger partial charge in [-0.2, -0.15) is 0 Å². The molecule has 0 amide bonds. The largest absolute Gasteiger partial charge is 0.228 e. The topological polar surface area (TPSA) is 25.8 Å². The van der Waals surface area contributed by atoms with Crippen LogP contribution in [0.1, 0.15) is 43.2 Å². The fourth-order valence-electron chi connectivity index (χ4n) is 10.0. The van der Waals surface area contributed by atoms with Crippen LogP contribution in [0.5, 0.6) is 0 Å². The summed E-state index contributed by atoms with van der Waals surface area (Å²) in [6, 6.07) is 70.5. The highest BCUT2D eigenvalue weighted by molar-refractivity contribution is 5.97. The second kappa shape index (κ2) is 14.2. The quantitative estimate of drug-likeness (QED) is 0.170. The molecule has 1 heterocycles. The summed E-state index contributed by atoms with van der Waals surface area (Å²) in [4.78, 5) is 10.8. The van der Waals surface area contributed by atoms with Crippen molar-refractivity contribution >= 4 is 10.8 Å². The van der Waals surface area contributed by atoms with Crippen molar-refractivity contribution in [3.8, 4) is 78.4 Å². The van der Waals surface area contributed by atoms with Crippen LogP contribution in [0.15, 0.2) is 194 Å². The number of rotatable bonds is 6. The zero-order valence-corrected chi connectivity index (χ0v) is 32.4. The lowest BCUT2D eigenvalue weighted by Crippen LogP contribution is -2.27. The molecule has 0 aliphatic heterocycles. The predicted octanol–water partition coefficient (Wildman–Crippen LogP) is 14.9. The van der Waals surface area contributed by atoms with E-state index in [0.717, 1.165) is 28.1 Å². The van der Waals surface area contributed by atoms with Crippen molar-refractivity contribution in [3.05, 3.63) is 205 Å². The summed E-state index contributed by atoms with van der Waals surface area (Å²) in [5.74, 6) is 0.715. The van der Waals surface area contributed by atoms with E-state index in [2.05, 4.69) is 194 Å². The number of hydrogen-bond acceptors (Lipinski definition) is 2. The van der Waals surface area contributed by atoms with Crippen LogP contribution in [0.4, 0.5) is 0 Å². The van der Waals surface area contributed by atoms with Gasteiger partial charge >= 0.3 is 0 Å². The fraction of sp³-hybridized carbons (Fsp3) is 0.107. The number of aromatic nitrogens is 2. The monoisotopic (exact) mass is 742 g/mol. The van der Waals surface area contributed by atoms with E-state index in [1.807, 2.05) is 0 Å². The normalized spacial score (nSPS) is 14.0. The van der Waals surface area contributed by atoms with E-state index in [1.165, 1.54) is 98.5 Å². The Bertz CT molecular complexity index is 2970. The molecule has 1 fully saturated rings. The fourth-order valence-corrected chi connectivity index (χ4v) is 10.0. The molecule has 9 aromatic rings. The summed E-state index contributed by atoms with van der Waals surface area (Å²) < 4.78 is 0. The van der Waals surface area contributed by atoms with Gasteiger partial charge in [-0.25, -0.2) is 9.97 Å². The minimum Gasteiger partial charge on any atom is -0.228 e. The molecule has 1 saturated carbocycles. The van der Waals surface area contributed by atoms with Crippen molar-refractivity contribution in [2.45, 2.75) is 37.5 Å². The Balaban J connectivity index is 1.10. The van der Waals surface area contributed by atoms with E-state index in [-0.39, 0.29) is 5.41 Å². The Morgan fingerprint density at radius 1 is 0.345 bits per heavy atom. The zero-order valence-electron chi connectivity index (χ0n) is 32.4. The SMILES string of the molecule is c1ccc(-c2ccc(-c3cc(-c4cccc5ccccc45)nc(-c4cccc(-c5cccc6c5-c5ccccc5C65CCCCC5)c4)n3)cc2-c2ccccc2)cc1. The molecule has 11 rings (SSSR count). The second-order valence-corrected chi connectivity index (χ2v) is 16.0. The summed E-state index contributed by atoms with van der Waals surface area (Å²) >= 11 is 0. The lowest BCUT2D eigenvalue weighted by molar-refractivity contribution is 0.353. The van der Waals surface area contributed by atoms with E-state index in [9.17, 15) is 0 Å². The number of benzene rings is 8. The van der Waals surface area contributed by atoms with Gasteiger partial charge in [0.2, 0.25) is 0 Å². The molecule has 0 radical (unpaired) electrons. The third-order valence-electron chi connectivity index (χ3n) is 12.7. The molecule has 1 spiro atoms. The van der Waals surface area contributed by atoms with Gasteiger partial charge in [0.25, 0.3) is 0 Å². The van der Waals surface area contributed by atoms with E-state index in [0.29, 0.717) is 5.82 Å². The summed E-state index contributed by atoms with van der Waals surface area (Å²) in [5.41, 5.74) is 18.1. The Morgan fingerprint density at radius 3 is 1.79 bits per heavy atom. The number of hydrogen-bond donors (Lipinski definition) is 0. The van der Waals surface area contributed by atoms with Gasteiger partial charge in [0, 0.05) is 22.1 Å². The summed E-state index contributed by atoms with van der Waals surface area (Å²) in [6.45, 7) is 0. The maximum absolute atomic E-state index is 5.42. The molecular weight excluding hydrogens is 701 g/mol. The van der Waals surface area contributed by atoms with Gasteiger partial charge in [-0.05, 0) is 97.4 Å². The molecule has 2 aliphatic rings. The van der Waals surface area contributed by atoms with Crippen molar-refractivity contribution in [1.29, 1.82) is 0 Å². The number of fused-ring (bicyclic) bond motifs is 6. The molecular formula is C56H42N2. The van der Waals surface area contributed by atoms with Crippen LogP contribution < -0.4 is 0 Å². The van der Waals surface area contributed by atoms with E-state index >= 15 is 0 Å². The summed E-state index contributed by atoms with van der Waals surface area (Å²) in [7, 11) is 0. The van der Waals surface area contributed by atoms with Crippen molar-refractivity contribution < 1.29 is 0 Å². The third kappa shape index (κ3) is 5.79. The first kappa shape index (κ1) is 34.4. The number of nitrogens with zero attached hydrogens (tertiary/aromatic N) is 2. The lowest BCUT2D eigenvalue weighted by Gasteiger charge is -2.36. The second-order valence-electron chi connectivity index (χ2n) is 16.0. The summed E-state index contributed by atoms with van der Waals surface area (Å²) in [5, 5.41) is 2.37. The Hall–Kier alpha value is -6.90. The van der Waals surface area contributed by atoms with Gasteiger partial charge in [0.05, 0.1) is 11.4 Å². The first-order chi connectivity index (χ1) is 28.7. The first-order valence-electron chi connectivity index (χ1n) is 20.7. The molecule has 8 aromatic carbocycles. The first-order valence-corrected chi connectivity index (χ1v) is 20.7. The zero-order chi connectivity index (χ0) is 38.5. The molecule has 0 bridgehead atoms. The minimum absolute atomic E-state index is 0.108. The van der Waals surface area contributed by atoms with Crippen molar-refractivity contribution in [1.82, 2.24) is 9.97 Å². The molecule has 58 heavy (non-hydrogen) atoms. The minimum atomic E-state index is 0.108. The van der Waals surface area contributed by atoms with Crippen molar-refractivity contribution in [2.75, 3.05) is 0 Å². The molecule has 2 aliphatic carbocycles. The maximum Gasteiger partial charge on any atom is 0.160 e. The molecule has 0 saturated heterocycles. The maximum atomic E-state index is 5.42. The van der Waals surface area contributed by atoms with Crippen LogP contribution in [-0.2, 0) is 5.41 Å². The van der Waals surface area contributed by atoms with Crippen molar-refractivity contribution in [2.24, 2.45) is 0 Å². The summed E-state index contributed by atoms with van der Waals surface area (Å²) in [6.07, 6.45) is 6.32. The average Bonchev–Trinajstić information content (AvgIpc) is 3.57. The molecule has 2 nitrogen and oxygen atoms in total. The van der Waals surface area contributed by atoms with Gasteiger partial charge in [-0.15, -0.1) is 0 Å². The average molecular weight is 743 g/mol. The molecule has 1 aromatic heterocycles. The van der Waals surface area contributed by atoms with Gasteiger partial charge in [-0.3, -0.25) is 0 Å². The highest BCUT2D eigenvalue weighted by Crippen LogP contribution is 2.58. The molecule has 0 atom stereocenters. The van der Waals surface area contributed by atoms with Crippen LogP contribution in [-0.4, -0.2) is 9.97 Å². The standard InChI is InChI=1S/C56H42N2/c1-4-17-38(18-5-1)45-32-31-42(36-49(45)40-19-6-2-7-20-40)52-37-53(47-28-15-22-39-21-8-9-25-44(39)47)58-55(57-52)43-24-14-23-41(35-43)46-27-16-30-51-54(46)48-26-10-11-29-50(48)56(51)33-12-3-13-34-56/h1-2,4-11,14-32,35-37H,3,12-13,33-34H2. The van der Waals surface area contributed by atoms with Gasteiger partial charge < -0.3 is 0 Å². The highest BCUT2D eigenvalue weighted by atomic mass is 14.9. The lowest BCUT2D eigenvalue weighted by atomic mass is 9.68. The van der Waals surface area contributed by atoms with Gasteiger partial charge in [-0.1, -0.05) is 195 Å². The van der Waals surface area contributed by atoms with E-state index in [1.54, 1.807) is 0 Å². The molecule has 2 heteroatoms. The van der Waals surface area contributed by atoms with Crippen LogP contribution in [0.2, 0.25) is 0 Å². The van der Waals surface area contributed by atoms with Gasteiger partial charge in [0.1, 0.15) is 0 Å². The van der Waals surface area contributed by atoms with Crippen molar-refractivity contribution in [3.63, 3.8) is 0 Å². The van der Waals surface area contributed by atoms with Crippen LogP contribution in [0.3, 0.4) is 0 Å². The van der Waals surface area contributed by atoms with E-state index in [4.69, 9.17) is 9.97 Å². The van der Waals surface area contributed by atoms with Crippen LogP contribution in [0.25, 0.3) is 89.2 Å². The molecule has 276 valence electrons. The third-order valence-corrected chi connectivity index (χ3v) is 12.7. The highest BCUT2D eigenvalue weighted by Gasteiger charge is 2.44. The van der Waals surface area contributed by atoms with E-state index < -0.39 is 0 Å². The van der Waals surface area contributed by atoms with Crippen LogP contribution >= 0.6 is 0 Å². The molecule has 0 unspecified atom stereocenters. The van der Waals surface area contributed by atoms with Crippen LogP contribution in [0, 0.1) is 0 Å². The Kier molecular flexibility index (Phi) is 8.43. The smallest absolute Gasteiger partial charge is 0.160 e. The molecule has 0 N–H and O–H groups in total. The predicted molar refractivity (Wildman–Crippen MR) is 241 cm³/mol. The Morgan fingerprint density at radius 2 is 0.948 bits per heavy atom. The Labute approximate surface area is 340 Å².